The van der Waals surface area contributed by atoms with E-state index in [0.717, 1.165) is 17.1 Å². The van der Waals surface area contributed by atoms with Crippen LogP contribution in [0.3, 0.4) is 0 Å². The second-order valence-electron chi connectivity index (χ2n) is 2.48. The van der Waals surface area contributed by atoms with E-state index in [1.807, 2.05) is 32.9 Å². The molecule has 0 aliphatic carbocycles. The first-order valence-electron chi connectivity index (χ1n) is 3.67. The summed E-state index contributed by atoms with van der Waals surface area (Å²) in [6.45, 7) is 5.87. The highest BCUT2D eigenvalue weighted by Gasteiger charge is 1.95. The molecule has 0 aromatic carbocycles. The Balaban J connectivity index is 3.12. The van der Waals surface area contributed by atoms with Gasteiger partial charge in [0, 0.05) is 11.9 Å². The van der Waals surface area contributed by atoms with E-state index in [9.17, 15) is 0 Å². The molecular formula is C9H12N2. The van der Waals surface area contributed by atoms with Crippen LogP contribution in [0, 0.1) is 13.8 Å². The van der Waals surface area contributed by atoms with Crippen LogP contribution < -0.4 is 0 Å². The number of hydrogen-bond acceptors (Lipinski definition) is 2. The molecule has 1 aromatic heterocycles. The summed E-state index contributed by atoms with van der Waals surface area (Å²) < 4.78 is 0. The third kappa shape index (κ3) is 1.87. The van der Waals surface area contributed by atoms with Gasteiger partial charge in [0.25, 0.3) is 0 Å². The first-order chi connectivity index (χ1) is 5.24. The van der Waals surface area contributed by atoms with Gasteiger partial charge in [-0.1, -0.05) is 6.07 Å². The van der Waals surface area contributed by atoms with E-state index in [2.05, 4.69) is 9.98 Å². The van der Waals surface area contributed by atoms with E-state index in [-0.39, 0.29) is 0 Å². The van der Waals surface area contributed by atoms with Crippen molar-refractivity contribution in [1.82, 2.24) is 4.98 Å². The maximum Gasteiger partial charge on any atom is 0.154 e. The summed E-state index contributed by atoms with van der Waals surface area (Å²) in [5.41, 5.74) is 2.13. The molecule has 0 aliphatic rings. The number of aliphatic imine (C=N–C) groups is 1. The third-order valence-corrected chi connectivity index (χ3v) is 1.46. The predicted molar refractivity (Wildman–Crippen MR) is 47.5 cm³/mol. The van der Waals surface area contributed by atoms with E-state index in [1.165, 1.54) is 0 Å². The molecule has 1 aromatic rings. The van der Waals surface area contributed by atoms with Crippen LogP contribution >= 0.6 is 0 Å². The standard InChI is InChI=1S/C9H12N2/c1-4-10-9-7(2)5-6-8(3)11-9/h4-6H,1-3H3. The van der Waals surface area contributed by atoms with Crippen LogP contribution in [0.4, 0.5) is 5.82 Å². The molecule has 0 saturated heterocycles. The largest absolute Gasteiger partial charge is 0.242 e. The van der Waals surface area contributed by atoms with Crippen molar-refractivity contribution in [1.29, 1.82) is 0 Å². The van der Waals surface area contributed by atoms with Crippen molar-refractivity contribution in [2.24, 2.45) is 4.99 Å². The maximum atomic E-state index is 4.26. The number of rotatable bonds is 1. The van der Waals surface area contributed by atoms with Crippen LogP contribution in [0.1, 0.15) is 18.2 Å². The minimum absolute atomic E-state index is 0.826. The molecule has 0 saturated carbocycles. The zero-order valence-corrected chi connectivity index (χ0v) is 7.13. The van der Waals surface area contributed by atoms with Crippen LogP contribution in [-0.4, -0.2) is 11.2 Å². The lowest BCUT2D eigenvalue weighted by Gasteiger charge is -1.98. The SMILES string of the molecule is CC=Nc1nc(C)ccc1C. The van der Waals surface area contributed by atoms with E-state index in [1.54, 1.807) is 6.21 Å². The number of aryl methyl sites for hydroxylation is 2. The second-order valence-corrected chi connectivity index (χ2v) is 2.48. The molecule has 0 radical (unpaired) electrons. The molecule has 1 rings (SSSR count). The van der Waals surface area contributed by atoms with Crippen LogP contribution in [0.25, 0.3) is 0 Å². The van der Waals surface area contributed by atoms with Crippen molar-refractivity contribution in [2.45, 2.75) is 20.8 Å². The number of aromatic nitrogens is 1. The molecule has 0 N–H and O–H groups in total. The number of hydrogen-bond donors (Lipinski definition) is 0. The van der Waals surface area contributed by atoms with Crippen LogP contribution in [0.2, 0.25) is 0 Å². The molecule has 58 valence electrons. The van der Waals surface area contributed by atoms with Gasteiger partial charge in [0.05, 0.1) is 0 Å². The van der Waals surface area contributed by atoms with Gasteiger partial charge in [-0.3, -0.25) is 0 Å². The molecule has 0 unspecified atom stereocenters. The smallest absolute Gasteiger partial charge is 0.154 e. The quantitative estimate of drug-likeness (QED) is 0.561. The Bertz CT molecular complexity index is 277. The lowest BCUT2D eigenvalue weighted by Crippen LogP contribution is -1.83. The molecular weight excluding hydrogens is 136 g/mol. The Kier molecular flexibility index (Phi) is 2.36. The molecule has 0 amide bonds. The summed E-state index contributed by atoms with van der Waals surface area (Å²) in [5.74, 6) is 0.826. The average Bonchev–Trinajstić information content (AvgIpc) is 1.98. The zero-order valence-electron chi connectivity index (χ0n) is 7.13. The monoisotopic (exact) mass is 148 g/mol. The molecule has 2 heteroatoms. The topological polar surface area (TPSA) is 25.2 Å². The highest BCUT2D eigenvalue weighted by Crippen LogP contribution is 2.14. The highest BCUT2D eigenvalue weighted by atomic mass is 14.9. The second kappa shape index (κ2) is 3.28. The summed E-state index contributed by atoms with van der Waals surface area (Å²) in [7, 11) is 0. The van der Waals surface area contributed by atoms with Gasteiger partial charge in [-0.05, 0) is 32.4 Å². The van der Waals surface area contributed by atoms with Crippen molar-refractivity contribution >= 4 is 12.0 Å². The fourth-order valence-electron chi connectivity index (χ4n) is 0.866. The number of nitrogens with zero attached hydrogens (tertiary/aromatic N) is 2. The third-order valence-electron chi connectivity index (χ3n) is 1.46. The van der Waals surface area contributed by atoms with Crippen LogP contribution in [0.5, 0.6) is 0 Å². The first kappa shape index (κ1) is 7.92. The van der Waals surface area contributed by atoms with Gasteiger partial charge in [-0.15, -0.1) is 0 Å². The van der Waals surface area contributed by atoms with Gasteiger partial charge in [0.15, 0.2) is 5.82 Å². The fraction of sp³-hybridized carbons (Fsp3) is 0.333. The summed E-state index contributed by atoms with van der Waals surface area (Å²) >= 11 is 0. The maximum absolute atomic E-state index is 4.26. The average molecular weight is 148 g/mol. The van der Waals surface area contributed by atoms with Gasteiger partial charge in [-0.2, -0.15) is 0 Å². The molecule has 2 nitrogen and oxygen atoms in total. The van der Waals surface area contributed by atoms with E-state index in [4.69, 9.17) is 0 Å². The van der Waals surface area contributed by atoms with Crippen molar-refractivity contribution in [3.63, 3.8) is 0 Å². The lowest BCUT2D eigenvalue weighted by molar-refractivity contribution is 1.15. The molecule has 0 aliphatic heterocycles. The van der Waals surface area contributed by atoms with Crippen molar-refractivity contribution in [3.8, 4) is 0 Å². The fourth-order valence-corrected chi connectivity index (χ4v) is 0.866. The Morgan fingerprint density at radius 2 is 2.09 bits per heavy atom. The van der Waals surface area contributed by atoms with Gasteiger partial charge in [-0.25, -0.2) is 9.98 Å². The summed E-state index contributed by atoms with van der Waals surface area (Å²) in [4.78, 5) is 8.40. The number of pyridine rings is 1. The minimum atomic E-state index is 0.826. The normalized spacial score (nSPS) is 10.8. The van der Waals surface area contributed by atoms with E-state index >= 15 is 0 Å². The summed E-state index contributed by atoms with van der Waals surface area (Å²) in [6, 6.07) is 4.02. The Hall–Kier alpha value is -1.18. The highest BCUT2D eigenvalue weighted by molar-refractivity contribution is 5.60. The molecule has 1 heterocycles. The predicted octanol–water partition coefficient (Wildman–Crippen LogP) is 2.42. The molecule has 0 atom stereocenters. The van der Waals surface area contributed by atoms with Gasteiger partial charge in [0.1, 0.15) is 0 Å². The molecule has 0 bridgehead atoms. The van der Waals surface area contributed by atoms with Gasteiger partial charge >= 0.3 is 0 Å². The van der Waals surface area contributed by atoms with Crippen molar-refractivity contribution < 1.29 is 0 Å². The first-order valence-corrected chi connectivity index (χ1v) is 3.67. The minimum Gasteiger partial charge on any atom is -0.242 e. The summed E-state index contributed by atoms with van der Waals surface area (Å²) in [6.07, 6.45) is 1.76. The molecule has 0 fully saturated rings. The van der Waals surface area contributed by atoms with Crippen LogP contribution in [0.15, 0.2) is 17.1 Å². The Labute approximate surface area is 67.0 Å². The Morgan fingerprint density at radius 3 is 2.73 bits per heavy atom. The van der Waals surface area contributed by atoms with Gasteiger partial charge in [0.2, 0.25) is 0 Å². The van der Waals surface area contributed by atoms with Gasteiger partial charge < -0.3 is 0 Å². The molecule has 0 spiro atoms. The van der Waals surface area contributed by atoms with Crippen LogP contribution in [-0.2, 0) is 0 Å². The van der Waals surface area contributed by atoms with Crippen molar-refractivity contribution in [3.05, 3.63) is 23.4 Å². The van der Waals surface area contributed by atoms with Crippen molar-refractivity contribution in [2.75, 3.05) is 0 Å². The molecule has 11 heavy (non-hydrogen) atoms. The lowest BCUT2D eigenvalue weighted by atomic mass is 10.2. The summed E-state index contributed by atoms with van der Waals surface area (Å²) in [5, 5.41) is 0. The van der Waals surface area contributed by atoms with E-state index in [0.29, 0.717) is 0 Å². The zero-order chi connectivity index (χ0) is 8.27. The Morgan fingerprint density at radius 1 is 1.36 bits per heavy atom. The van der Waals surface area contributed by atoms with E-state index < -0.39 is 0 Å².